The molecule has 0 aliphatic carbocycles. The zero-order valence-corrected chi connectivity index (χ0v) is 16.4. The van der Waals surface area contributed by atoms with E-state index in [-0.39, 0.29) is 0 Å². The topological polar surface area (TPSA) is 75.1 Å². The number of hydrogen-bond acceptors (Lipinski definition) is 5. The molecule has 0 spiro atoms. The lowest BCUT2D eigenvalue weighted by molar-refractivity contribution is 0.130. The second kappa shape index (κ2) is 7.14. The van der Waals surface area contributed by atoms with Gasteiger partial charge in [0.1, 0.15) is 11.2 Å². The Morgan fingerprint density at radius 2 is 1.97 bits per heavy atom. The Hall–Kier alpha value is -3.52. The summed E-state index contributed by atoms with van der Waals surface area (Å²) in [5.41, 5.74) is 6.60. The first-order valence-corrected chi connectivity index (χ1v) is 9.55. The molecule has 8 nitrogen and oxygen atoms in total. The van der Waals surface area contributed by atoms with E-state index in [4.69, 9.17) is 9.72 Å². The normalized spacial score (nSPS) is 11.7. The molecule has 0 saturated heterocycles. The van der Waals surface area contributed by atoms with Crippen molar-refractivity contribution in [3.05, 3.63) is 66.6 Å². The molecule has 0 aliphatic rings. The molecular weight excluding hydrogens is 366 g/mol. The van der Waals surface area contributed by atoms with Gasteiger partial charge in [-0.05, 0) is 24.6 Å². The van der Waals surface area contributed by atoms with Crippen molar-refractivity contribution in [1.29, 1.82) is 0 Å². The van der Waals surface area contributed by atoms with E-state index in [2.05, 4.69) is 36.3 Å². The standard InChI is InChI=1S/C21H21N7O/c1-3-29-14-17-9-23-20-5-4-15(12-28(17)20)11-27-7-6-18-21(27)25-19(10-22-18)16-8-24-26(2)13-16/h4-10,12-13H,3,11,14H2,1-2H3. The number of aryl methyl sites for hydroxylation is 1. The van der Waals surface area contributed by atoms with Crippen LogP contribution in [0.15, 0.2) is 55.4 Å². The van der Waals surface area contributed by atoms with Crippen LogP contribution in [-0.4, -0.2) is 40.3 Å². The number of rotatable bonds is 6. The van der Waals surface area contributed by atoms with E-state index < -0.39 is 0 Å². The molecule has 0 atom stereocenters. The molecule has 0 aromatic carbocycles. The highest BCUT2D eigenvalue weighted by molar-refractivity contribution is 5.74. The molecule has 5 aromatic rings. The number of hydrogen-bond donors (Lipinski definition) is 0. The summed E-state index contributed by atoms with van der Waals surface area (Å²) in [7, 11) is 1.89. The molecule has 146 valence electrons. The maximum atomic E-state index is 5.56. The molecule has 5 heterocycles. The Labute approximate surface area is 167 Å². The first-order valence-electron chi connectivity index (χ1n) is 9.55. The number of fused-ring (bicyclic) bond motifs is 2. The van der Waals surface area contributed by atoms with Crippen LogP contribution >= 0.6 is 0 Å². The summed E-state index contributed by atoms with van der Waals surface area (Å²) in [6.07, 6.45) is 11.5. The van der Waals surface area contributed by atoms with Gasteiger partial charge in [0.2, 0.25) is 0 Å². The van der Waals surface area contributed by atoms with E-state index in [1.54, 1.807) is 17.1 Å². The Morgan fingerprint density at radius 3 is 2.79 bits per heavy atom. The zero-order valence-electron chi connectivity index (χ0n) is 16.4. The predicted molar refractivity (Wildman–Crippen MR) is 109 cm³/mol. The van der Waals surface area contributed by atoms with Gasteiger partial charge in [0.15, 0.2) is 5.65 Å². The molecule has 5 aromatic heterocycles. The molecule has 0 aliphatic heterocycles. The second-order valence-electron chi connectivity index (χ2n) is 6.96. The van der Waals surface area contributed by atoms with E-state index in [9.17, 15) is 0 Å². The molecule has 0 unspecified atom stereocenters. The van der Waals surface area contributed by atoms with E-state index in [0.717, 1.165) is 39.3 Å². The zero-order chi connectivity index (χ0) is 19.8. The van der Waals surface area contributed by atoms with Crippen LogP contribution in [-0.2, 0) is 24.9 Å². The predicted octanol–water partition coefficient (Wildman–Crippen LogP) is 3.06. The quantitative estimate of drug-likeness (QED) is 0.448. The van der Waals surface area contributed by atoms with Crippen LogP contribution in [0.25, 0.3) is 28.1 Å². The Bertz CT molecular complexity index is 1300. The minimum Gasteiger partial charge on any atom is -0.375 e. The number of nitrogens with zero attached hydrogens (tertiary/aromatic N) is 7. The fraction of sp³-hybridized carbons (Fsp3) is 0.238. The fourth-order valence-corrected chi connectivity index (χ4v) is 3.45. The molecular formula is C21H21N7O. The van der Waals surface area contributed by atoms with Gasteiger partial charge in [0.25, 0.3) is 0 Å². The van der Waals surface area contributed by atoms with Gasteiger partial charge in [-0.25, -0.2) is 9.97 Å². The summed E-state index contributed by atoms with van der Waals surface area (Å²) < 4.78 is 11.5. The van der Waals surface area contributed by atoms with E-state index in [0.29, 0.717) is 19.8 Å². The van der Waals surface area contributed by atoms with Crippen molar-refractivity contribution in [3.63, 3.8) is 0 Å². The molecule has 0 N–H and O–H groups in total. The number of ether oxygens (including phenoxy) is 1. The highest BCUT2D eigenvalue weighted by Gasteiger charge is 2.10. The molecule has 0 bridgehead atoms. The molecule has 0 saturated carbocycles. The SMILES string of the molecule is CCOCc1cnc2ccc(Cn3ccc4ncc(-c5cnn(C)c5)nc43)cn12. The lowest BCUT2D eigenvalue weighted by atomic mass is 10.2. The van der Waals surface area contributed by atoms with Crippen molar-refractivity contribution < 1.29 is 4.74 Å². The minimum atomic E-state index is 0.549. The van der Waals surface area contributed by atoms with Crippen molar-refractivity contribution in [2.75, 3.05) is 6.61 Å². The van der Waals surface area contributed by atoms with Crippen molar-refractivity contribution >= 4 is 16.8 Å². The molecule has 8 heteroatoms. The summed E-state index contributed by atoms with van der Waals surface area (Å²) in [5.74, 6) is 0. The third-order valence-electron chi connectivity index (χ3n) is 4.92. The highest BCUT2D eigenvalue weighted by Crippen LogP contribution is 2.20. The van der Waals surface area contributed by atoms with Crippen LogP contribution < -0.4 is 0 Å². The van der Waals surface area contributed by atoms with Gasteiger partial charge < -0.3 is 13.7 Å². The van der Waals surface area contributed by atoms with Crippen molar-refractivity contribution in [1.82, 2.24) is 33.7 Å². The van der Waals surface area contributed by atoms with Crippen molar-refractivity contribution in [3.8, 4) is 11.3 Å². The highest BCUT2D eigenvalue weighted by atomic mass is 16.5. The first-order chi connectivity index (χ1) is 14.2. The molecule has 29 heavy (non-hydrogen) atoms. The van der Waals surface area contributed by atoms with Gasteiger partial charge in [-0.1, -0.05) is 6.07 Å². The van der Waals surface area contributed by atoms with E-state index >= 15 is 0 Å². The minimum absolute atomic E-state index is 0.549. The van der Waals surface area contributed by atoms with E-state index in [1.165, 1.54) is 0 Å². The van der Waals surface area contributed by atoms with Crippen molar-refractivity contribution in [2.45, 2.75) is 20.1 Å². The van der Waals surface area contributed by atoms with E-state index in [1.807, 2.05) is 44.7 Å². The number of imidazole rings is 1. The summed E-state index contributed by atoms with van der Waals surface area (Å²) in [5, 5.41) is 4.23. The summed E-state index contributed by atoms with van der Waals surface area (Å²) >= 11 is 0. The largest absolute Gasteiger partial charge is 0.375 e. The van der Waals surface area contributed by atoms with Crippen LogP contribution in [0.1, 0.15) is 18.2 Å². The third kappa shape index (κ3) is 3.27. The van der Waals surface area contributed by atoms with Gasteiger partial charge in [-0.3, -0.25) is 9.67 Å². The van der Waals surface area contributed by atoms with Gasteiger partial charge in [-0.2, -0.15) is 5.10 Å². The van der Waals surface area contributed by atoms with Crippen LogP contribution in [0, 0.1) is 0 Å². The fourth-order valence-electron chi connectivity index (χ4n) is 3.45. The van der Waals surface area contributed by atoms with Crippen LogP contribution in [0.3, 0.4) is 0 Å². The second-order valence-corrected chi connectivity index (χ2v) is 6.96. The Kier molecular flexibility index (Phi) is 4.33. The number of aromatic nitrogens is 7. The lowest BCUT2D eigenvalue weighted by Crippen LogP contribution is -2.03. The summed E-state index contributed by atoms with van der Waals surface area (Å²) in [6, 6.07) is 6.12. The molecule has 5 rings (SSSR count). The third-order valence-corrected chi connectivity index (χ3v) is 4.92. The first kappa shape index (κ1) is 17.6. The van der Waals surface area contributed by atoms with Gasteiger partial charge in [0, 0.05) is 37.8 Å². The molecule has 0 fully saturated rings. The monoisotopic (exact) mass is 387 g/mol. The summed E-state index contributed by atoms with van der Waals surface area (Å²) in [4.78, 5) is 13.9. The number of pyridine rings is 1. The van der Waals surface area contributed by atoms with Gasteiger partial charge in [0.05, 0.1) is 43.1 Å². The van der Waals surface area contributed by atoms with Gasteiger partial charge >= 0.3 is 0 Å². The maximum Gasteiger partial charge on any atom is 0.159 e. The Balaban J connectivity index is 1.49. The van der Waals surface area contributed by atoms with Crippen LogP contribution in [0.2, 0.25) is 0 Å². The van der Waals surface area contributed by atoms with Crippen molar-refractivity contribution in [2.24, 2.45) is 7.05 Å². The molecule has 0 radical (unpaired) electrons. The average Bonchev–Trinajstić information content (AvgIpc) is 3.45. The smallest absolute Gasteiger partial charge is 0.159 e. The summed E-state index contributed by atoms with van der Waals surface area (Å²) in [6.45, 7) is 3.91. The average molecular weight is 387 g/mol. The van der Waals surface area contributed by atoms with Gasteiger partial charge in [-0.15, -0.1) is 0 Å². The van der Waals surface area contributed by atoms with Crippen LogP contribution in [0.5, 0.6) is 0 Å². The molecule has 0 amide bonds. The Morgan fingerprint density at radius 1 is 1.03 bits per heavy atom. The lowest BCUT2D eigenvalue weighted by Gasteiger charge is -2.08. The van der Waals surface area contributed by atoms with Crippen LogP contribution in [0.4, 0.5) is 0 Å². The maximum absolute atomic E-state index is 5.56.